The van der Waals surface area contributed by atoms with Crippen LogP contribution in [0.2, 0.25) is 0 Å². The Morgan fingerprint density at radius 2 is 2.13 bits per heavy atom. The number of fused-ring (bicyclic) bond motifs is 1. The molecule has 3 heterocycles. The Balaban J connectivity index is 1.55. The average molecular weight is 428 g/mol. The third-order valence-corrected chi connectivity index (χ3v) is 6.80. The van der Waals surface area contributed by atoms with Gasteiger partial charge in [-0.25, -0.2) is 4.68 Å². The summed E-state index contributed by atoms with van der Waals surface area (Å²) in [7, 11) is 1.66. The number of unbranched alkanes of at least 4 members (excludes halogenated alkanes) is 1. The van der Waals surface area contributed by atoms with Crippen LogP contribution in [0.15, 0.2) is 24.3 Å². The van der Waals surface area contributed by atoms with Crippen LogP contribution in [0, 0.1) is 12.8 Å². The molecule has 1 atom stereocenters. The summed E-state index contributed by atoms with van der Waals surface area (Å²) < 4.78 is 8.24. The van der Waals surface area contributed by atoms with Crippen molar-refractivity contribution in [2.75, 3.05) is 31.6 Å². The molecular weight excluding hydrogens is 398 g/mol. The quantitative estimate of drug-likeness (QED) is 0.579. The molecule has 1 N–H and O–H groups in total. The lowest BCUT2D eigenvalue weighted by molar-refractivity contribution is -0.125. The first-order valence-electron chi connectivity index (χ1n) is 10.6. The SMILES string of the molecule is CCCCNC(=O)C1CCCN(c2nc3c(s2)c(C)nn3-c2ccc(OC)cc2)C1. The fourth-order valence-corrected chi connectivity index (χ4v) is 4.88. The summed E-state index contributed by atoms with van der Waals surface area (Å²) in [6.07, 6.45) is 4.07. The van der Waals surface area contributed by atoms with Crippen LogP contribution in [-0.2, 0) is 4.79 Å². The highest BCUT2D eigenvalue weighted by Crippen LogP contribution is 2.34. The summed E-state index contributed by atoms with van der Waals surface area (Å²) in [5.74, 6) is 1.02. The fraction of sp³-hybridized carbons (Fsp3) is 0.500. The van der Waals surface area contributed by atoms with Gasteiger partial charge in [-0.1, -0.05) is 24.7 Å². The van der Waals surface area contributed by atoms with Crippen LogP contribution in [0.5, 0.6) is 5.75 Å². The molecule has 1 aromatic carbocycles. The molecule has 2 aromatic heterocycles. The van der Waals surface area contributed by atoms with Crippen LogP contribution >= 0.6 is 11.3 Å². The number of methoxy groups -OCH3 is 1. The second kappa shape index (κ2) is 9.04. The standard InChI is InChI=1S/C22H29N5O2S/c1-4-5-12-23-21(28)16-7-6-13-26(14-16)22-24-20-19(30-22)15(2)25-27(20)17-8-10-18(29-3)11-9-17/h8-11,16H,4-7,12-14H2,1-3H3,(H,23,28). The first-order valence-corrected chi connectivity index (χ1v) is 11.5. The molecule has 1 aliphatic heterocycles. The summed E-state index contributed by atoms with van der Waals surface area (Å²) in [5, 5.41) is 8.75. The summed E-state index contributed by atoms with van der Waals surface area (Å²) >= 11 is 1.66. The van der Waals surface area contributed by atoms with Crippen molar-refractivity contribution in [3.63, 3.8) is 0 Å². The molecule has 1 unspecified atom stereocenters. The molecule has 7 nitrogen and oxygen atoms in total. The van der Waals surface area contributed by atoms with Crippen LogP contribution in [0.4, 0.5) is 5.13 Å². The summed E-state index contributed by atoms with van der Waals surface area (Å²) in [4.78, 5) is 19.7. The summed E-state index contributed by atoms with van der Waals surface area (Å²) in [6.45, 7) is 6.58. The second-order valence-electron chi connectivity index (χ2n) is 7.77. The van der Waals surface area contributed by atoms with E-state index in [0.717, 1.165) is 77.9 Å². The van der Waals surface area contributed by atoms with Gasteiger partial charge < -0.3 is 15.0 Å². The van der Waals surface area contributed by atoms with Crippen molar-refractivity contribution in [2.24, 2.45) is 5.92 Å². The van der Waals surface area contributed by atoms with Crippen molar-refractivity contribution < 1.29 is 9.53 Å². The Morgan fingerprint density at radius 1 is 1.33 bits per heavy atom. The van der Waals surface area contributed by atoms with E-state index in [1.54, 1.807) is 18.4 Å². The van der Waals surface area contributed by atoms with Crippen molar-refractivity contribution >= 4 is 32.7 Å². The van der Waals surface area contributed by atoms with Gasteiger partial charge in [-0.15, -0.1) is 0 Å². The van der Waals surface area contributed by atoms with Gasteiger partial charge in [0.1, 0.15) is 5.75 Å². The number of ether oxygens (including phenoxy) is 1. The van der Waals surface area contributed by atoms with Crippen molar-refractivity contribution in [3.8, 4) is 11.4 Å². The molecule has 8 heteroatoms. The lowest BCUT2D eigenvalue weighted by Crippen LogP contribution is -2.43. The topological polar surface area (TPSA) is 72.3 Å². The van der Waals surface area contributed by atoms with Crippen LogP contribution in [0.3, 0.4) is 0 Å². The molecule has 1 amide bonds. The fourth-order valence-electron chi connectivity index (χ4n) is 3.86. The molecule has 1 fully saturated rings. The zero-order valence-electron chi connectivity index (χ0n) is 17.9. The number of thiazole rings is 1. The van der Waals surface area contributed by atoms with Gasteiger partial charge in [0, 0.05) is 19.6 Å². The smallest absolute Gasteiger partial charge is 0.224 e. The van der Waals surface area contributed by atoms with E-state index in [1.807, 2.05) is 35.9 Å². The predicted molar refractivity (Wildman–Crippen MR) is 121 cm³/mol. The van der Waals surface area contributed by atoms with E-state index < -0.39 is 0 Å². The van der Waals surface area contributed by atoms with Crippen molar-refractivity contribution in [3.05, 3.63) is 30.0 Å². The number of piperidine rings is 1. The number of benzene rings is 1. The number of nitrogens with one attached hydrogen (secondary N) is 1. The minimum absolute atomic E-state index is 0.0294. The van der Waals surface area contributed by atoms with Gasteiger partial charge in [0.25, 0.3) is 0 Å². The molecule has 1 aliphatic rings. The monoisotopic (exact) mass is 427 g/mol. The van der Waals surface area contributed by atoms with Gasteiger partial charge in [0.05, 0.1) is 29.1 Å². The van der Waals surface area contributed by atoms with E-state index in [-0.39, 0.29) is 11.8 Å². The van der Waals surface area contributed by atoms with Gasteiger partial charge >= 0.3 is 0 Å². The van der Waals surface area contributed by atoms with E-state index in [0.29, 0.717) is 0 Å². The average Bonchev–Trinajstić information content (AvgIpc) is 3.35. The summed E-state index contributed by atoms with van der Waals surface area (Å²) in [5.41, 5.74) is 2.79. The van der Waals surface area contributed by atoms with E-state index in [2.05, 4.69) is 22.2 Å². The zero-order chi connectivity index (χ0) is 21.1. The van der Waals surface area contributed by atoms with Crippen LogP contribution in [0.25, 0.3) is 16.0 Å². The minimum Gasteiger partial charge on any atom is -0.497 e. The Kier molecular flexibility index (Phi) is 6.22. The lowest BCUT2D eigenvalue weighted by Gasteiger charge is -2.31. The number of carbonyl (C=O) groups is 1. The van der Waals surface area contributed by atoms with Crippen LogP contribution in [0.1, 0.15) is 38.3 Å². The largest absolute Gasteiger partial charge is 0.497 e. The van der Waals surface area contributed by atoms with Gasteiger partial charge in [-0.2, -0.15) is 10.1 Å². The minimum atomic E-state index is 0.0294. The third kappa shape index (κ3) is 4.14. The molecule has 0 saturated carbocycles. The van der Waals surface area contributed by atoms with E-state index in [4.69, 9.17) is 9.72 Å². The number of aryl methyl sites for hydroxylation is 1. The zero-order valence-corrected chi connectivity index (χ0v) is 18.7. The number of hydrogen-bond donors (Lipinski definition) is 1. The number of rotatable bonds is 7. The Morgan fingerprint density at radius 3 is 2.87 bits per heavy atom. The summed E-state index contributed by atoms with van der Waals surface area (Å²) in [6, 6.07) is 7.83. The number of carbonyl (C=O) groups excluding carboxylic acids is 1. The molecule has 30 heavy (non-hydrogen) atoms. The van der Waals surface area contributed by atoms with Crippen LogP contribution in [-0.4, -0.2) is 47.4 Å². The molecule has 0 spiro atoms. The first-order chi connectivity index (χ1) is 14.6. The molecule has 4 rings (SSSR count). The molecule has 3 aromatic rings. The third-order valence-electron chi connectivity index (χ3n) is 5.59. The van der Waals surface area contributed by atoms with Crippen molar-refractivity contribution in [1.29, 1.82) is 0 Å². The number of anilines is 1. The second-order valence-corrected chi connectivity index (χ2v) is 8.75. The van der Waals surface area contributed by atoms with Gasteiger partial charge in [-0.05, 0) is 50.5 Å². The first kappa shape index (κ1) is 20.7. The van der Waals surface area contributed by atoms with Gasteiger partial charge in [0.2, 0.25) is 5.91 Å². The Hall–Kier alpha value is -2.61. The van der Waals surface area contributed by atoms with Gasteiger partial charge in [0.15, 0.2) is 10.8 Å². The highest BCUT2D eigenvalue weighted by Gasteiger charge is 2.28. The van der Waals surface area contributed by atoms with E-state index in [1.165, 1.54) is 0 Å². The normalized spacial score (nSPS) is 16.8. The van der Waals surface area contributed by atoms with Crippen molar-refractivity contribution in [2.45, 2.75) is 39.5 Å². The maximum absolute atomic E-state index is 12.5. The molecule has 160 valence electrons. The molecule has 1 saturated heterocycles. The van der Waals surface area contributed by atoms with E-state index in [9.17, 15) is 4.79 Å². The predicted octanol–water partition coefficient (Wildman–Crippen LogP) is 3.93. The van der Waals surface area contributed by atoms with Crippen LogP contribution < -0.4 is 15.0 Å². The lowest BCUT2D eigenvalue weighted by atomic mass is 9.97. The number of nitrogens with zero attached hydrogens (tertiary/aromatic N) is 4. The number of aromatic nitrogens is 3. The maximum Gasteiger partial charge on any atom is 0.224 e. The molecular formula is C22H29N5O2S. The highest BCUT2D eigenvalue weighted by atomic mass is 32.1. The Labute approximate surface area is 181 Å². The number of hydrogen-bond acceptors (Lipinski definition) is 6. The highest BCUT2D eigenvalue weighted by molar-refractivity contribution is 7.22. The Bertz CT molecular complexity index is 1010. The molecule has 0 radical (unpaired) electrons. The molecule has 0 aliphatic carbocycles. The van der Waals surface area contributed by atoms with Gasteiger partial charge in [-0.3, -0.25) is 4.79 Å². The van der Waals surface area contributed by atoms with E-state index >= 15 is 0 Å². The molecule has 0 bridgehead atoms. The van der Waals surface area contributed by atoms with Crippen molar-refractivity contribution in [1.82, 2.24) is 20.1 Å². The maximum atomic E-state index is 12.5. The number of amides is 1.